The van der Waals surface area contributed by atoms with Crippen LogP contribution < -0.4 is 9.64 Å². The molecule has 39 heavy (non-hydrogen) atoms. The van der Waals surface area contributed by atoms with Crippen molar-refractivity contribution in [2.24, 2.45) is 23.2 Å². The molecule has 0 aromatic heterocycles. The van der Waals surface area contributed by atoms with Gasteiger partial charge in [-0.15, -0.1) is 0 Å². The summed E-state index contributed by atoms with van der Waals surface area (Å²) in [5.74, 6) is 2.31. The third kappa shape index (κ3) is 3.87. The summed E-state index contributed by atoms with van der Waals surface area (Å²) in [4.78, 5) is 44.6. The summed E-state index contributed by atoms with van der Waals surface area (Å²) in [6.07, 6.45) is 7.25. The van der Waals surface area contributed by atoms with Gasteiger partial charge in [-0.3, -0.25) is 19.3 Å². The van der Waals surface area contributed by atoms with Gasteiger partial charge in [0.05, 0.1) is 18.2 Å². The lowest BCUT2D eigenvalue weighted by Gasteiger charge is -2.56. The van der Waals surface area contributed by atoms with Gasteiger partial charge < -0.3 is 9.64 Å². The molecule has 3 amide bonds. The van der Waals surface area contributed by atoms with Crippen molar-refractivity contribution in [3.05, 3.63) is 71.8 Å². The van der Waals surface area contributed by atoms with E-state index >= 15 is 0 Å². The minimum atomic E-state index is -0.305. The second-order valence-corrected chi connectivity index (χ2v) is 12.2. The molecule has 0 saturated heterocycles. The summed E-state index contributed by atoms with van der Waals surface area (Å²) in [6, 6.07) is 18.9. The number of anilines is 1. The Bertz CT molecular complexity index is 1410. The van der Waals surface area contributed by atoms with Gasteiger partial charge in [-0.1, -0.05) is 36.4 Å². The first kappa shape index (κ1) is 24.4. The minimum absolute atomic E-state index is 0.192. The highest BCUT2D eigenvalue weighted by Gasteiger charge is 2.55. The lowest BCUT2D eigenvalue weighted by atomic mass is 9.49. The first-order chi connectivity index (χ1) is 19.0. The van der Waals surface area contributed by atoms with Gasteiger partial charge >= 0.3 is 0 Å². The van der Waals surface area contributed by atoms with Crippen molar-refractivity contribution >= 4 is 34.2 Å². The van der Waals surface area contributed by atoms with Crippen LogP contribution >= 0.6 is 0 Å². The van der Waals surface area contributed by atoms with E-state index in [4.69, 9.17) is 4.74 Å². The molecular weight excluding hydrogens is 488 g/mol. The molecule has 0 N–H and O–H groups in total. The Hall–Kier alpha value is -3.67. The third-order valence-corrected chi connectivity index (χ3v) is 9.73. The maximum absolute atomic E-state index is 14.5. The largest absolute Gasteiger partial charge is 0.495 e. The molecular formula is C33H34N2O4. The molecule has 4 saturated carbocycles. The highest BCUT2D eigenvalue weighted by atomic mass is 16.5. The predicted molar refractivity (Wildman–Crippen MR) is 150 cm³/mol. The van der Waals surface area contributed by atoms with E-state index in [9.17, 15) is 14.4 Å². The quantitative estimate of drug-likeness (QED) is 0.353. The number of methoxy groups -OCH3 is 1. The topological polar surface area (TPSA) is 66.9 Å². The number of imide groups is 1. The number of nitrogens with zero attached hydrogens (tertiary/aromatic N) is 2. The van der Waals surface area contributed by atoms with E-state index in [-0.39, 0.29) is 29.7 Å². The fourth-order valence-corrected chi connectivity index (χ4v) is 8.51. The van der Waals surface area contributed by atoms with Crippen molar-refractivity contribution in [1.82, 2.24) is 4.90 Å². The van der Waals surface area contributed by atoms with Crippen molar-refractivity contribution in [2.45, 2.75) is 44.9 Å². The smallest absolute Gasteiger partial charge is 0.261 e. The monoisotopic (exact) mass is 522 g/mol. The molecule has 4 fully saturated rings. The van der Waals surface area contributed by atoms with Crippen LogP contribution in [0.2, 0.25) is 0 Å². The van der Waals surface area contributed by atoms with Crippen LogP contribution in [-0.2, 0) is 4.79 Å². The molecule has 5 aliphatic rings. The standard InChI is InChI=1S/C33H34N2O4/c1-39-28-12-3-2-11-27(28)34(32(38)33-18-21-15-22(19-33)17-23(16-21)20-33)13-6-14-35-30(36)25-9-4-7-24-8-5-10-26(29(24)25)31(35)37/h2-5,7-12,21-23H,6,13-20H2,1H3. The van der Waals surface area contributed by atoms with Crippen LogP contribution in [0.5, 0.6) is 5.75 Å². The Morgan fingerprint density at radius 3 is 2.05 bits per heavy atom. The van der Waals surface area contributed by atoms with Gasteiger partial charge in [0.2, 0.25) is 5.91 Å². The predicted octanol–water partition coefficient (Wildman–Crippen LogP) is 6.08. The maximum Gasteiger partial charge on any atom is 0.261 e. The Balaban J connectivity index is 1.16. The summed E-state index contributed by atoms with van der Waals surface area (Å²) in [6.45, 7) is 0.673. The summed E-state index contributed by atoms with van der Waals surface area (Å²) in [5, 5.41) is 1.63. The van der Waals surface area contributed by atoms with Gasteiger partial charge in [-0.05, 0) is 92.4 Å². The van der Waals surface area contributed by atoms with Crippen molar-refractivity contribution in [3.8, 4) is 5.75 Å². The zero-order chi connectivity index (χ0) is 26.7. The van der Waals surface area contributed by atoms with E-state index in [0.717, 1.165) is 35.7 Å². The molecule has 8 rings (SSSR count). The van der Waals surface area contributed by atoms with Crippen molar-refractivity contribution in [3.63, 3.8) is 0 Å². The van der Waals surface area contributed by atoms with Gasteiger partial charge in [-0.2, -0.15) is 0 Å². The lowest BCUT2D eigenvalue weighted by molar-refractivity contribution is -0.143. The second kappa shape index (κ2) is 9.22. The molecule has 0 radical (unpaired) electrons. The van der Waals surface area contributed by atoms with Gasteiger partial charge in [0, 0.05) is 29.6 Å². The fourth-order valence-electron chi connectivity index (χ4n) is 8.51. The lowest BCUT2D eigenvalue weighted by Crippen LogP contribution is -2.55. The van der Waals surface area contributed by atoms with E-state index in [1.165, 1.54) is 24.2 Å². The number of carbonyl (C=O) groups is 3. The van der Waals surface area contributed by atoms with E-state index < -0.39 is 0 Å². The molecule has 1 aliphatic heterocycles. The molecule has 0 atom stereocenters. The van der Waals surface area contributed by atoms with Crippen molar-refractivity contribution < 1.29 is 19.1 Å². The van der Waals surface area contributed by atoms with Crippen LogP contribution in [0.15, 0.2) is 60.7 Å². The highest BCUT2D eigenvalue weighted by Crippen LogP contribution is 2.61. The summed E-state index contributed by atoms with van der Waals surface area (Å²) >= 11 is 0. The van der Waals surface area contributed by atoms with Crippen LogP contribution in [0.4, 0.5) is 5.69 Å². The number of ether oxygens (including phenoxy) is 1. The van der Waals surface area contributed by atoms with Gasteiger partial charge in [0.1, 0.15) is 5.75 Å². The van der Waals surface area contributed by atoms with Gasteiger partial charge in [0.15, 0.2) is 0 Å². The molecule has 3 aromatic rings. The van der Waals surface area contributed by atoms with Crippen LogP contribution in [-0.4, -0.2) is 42.8 Å². The molecule has 1 heterocycles. The first-order valence-corrected chi connectivity index (χ1v) is 14.3. The molecule has 6 heteroatoms. The van der Waals surface area contributed by atoms with Crippen molar-refractivity contribution in [2.75, 3.05) is 25.1 Å². The number of carbonyl (C=O) groups excluding carboxylic acids is 3. The minimum Gasteiger partial charge on any atom is -0.495 e. The number of hydrogen-bond donors (Lipinski definition) is 0. The SMILES string of the molecule is COc1ccccc1N(CCCN1C(=O)c2cccc3cccc(c23)C1=O)C(=O)C12CC3CC(CC(C3)C1)C2. The number of rotatable bonds is 7. The normalized spacial score (nSPS) is 26.8. The molecule has 4 bridgehead atoms. The number of benzene rings is 3. The van der Waals surface area contributed by atoms with E-state index in [0.29, 0.717) is 47.6 Å². The third-order valence-electron chi connectivity index (χ3n) is 9.73. The Morgan fingerprint density at radius 2 is 1.46 bits per heavy atom. The summed E-state index contributed by atoms with van der Waals surface area (Å²) < 4.78 is 5.68. The number of hydrogen-bond acceptors (Lipinski definition) is 4. The summed E-state index contributed by atoms with van der Waals surface area (Å²) in [5.41, 5.74) is 1.59. The maximum atomic E-state index is 14.5. The first-order valence-electron chi connectivity index (χ1n) is 14.3. The van der Waals surface area contributed by atoms with Crippen LogP contribution in [0.3, 0.4) is 0 Å². The average molecular weight is 523 g/mol. The van der Waals surface area contributed by atoms with Gasteiger partial charge in [-0.25, -0.2) is 0 Å². The molecule has 0 spiro atoms. The van der Waals surface area contributed by atoms with E-state index in [1.807, 2.05) is 53.4 Å². The zero-order valence-corrected chi connectivity index (χ0v) is 22.4. The molecule has 3 aromatic carbocycles. The van der Waals surface area contributed by atoms with Gasteiger partial charge in [0.25, 0.3) is 11.8 Å². The van der Waals surface area contributed by atoms with Crippen LogP contribution in [0, 0.1) is 23.2 Å². The van der Waals surface area contributed by atoms with Crippen LogP contribution in [0.25, 0.3) is 10.8 Å². The Labute approximate surface area is 228 Å². The molecule has 6 nitrogen and oxygen atoms in total. The van der Waals surface area contributed by atoms with Crippen molar-refractivity contribution in [1.29, 1.82) is 0 Å². The molecule has 200 valence electrons. The molecule has 0 unspecified atom stereocenters. The Kier molecular flexibility index (Phi) is 5.76. The van der Waals surface area contributed by atoms with E-state index in [1.54, 1.807) is 19.2 Å². The van der Waals surface area contributed by atoms with E-state index in [2.05, 4.69) is 0 Å². The fraction of sp³-hybridized carbons (Fsp3) is 0.424. The Morgan fingerprint density at radius 1 is 0.872 bits per heavy atom. The zero-order valence-electron chi connectivity index (χ0n) is 22.4. The number of para-hydroxylation sites is 2. The average Bonchev–Trinajstić information content (AvgIpc) is 2.94. The summed E-state index contributed by atoms with van der Waals surface area (Å²) in [7, 11) is 1.63. The second-order valence-electron chi connectivity index (χ2n) is 12.2. The number of amides is 3. The van der Waals surface area contributed by atoms with Crippen LogP contribution in [0.1, 0.15) is 65.7 Å². The molecule has 4 aliphatic carbocycles. The highest BCUT2D eigenvalue weighted by molar-refractivity contribution is 6.25.